The van der Waals surface area contributed by atoms with Crippen LogP contribution < -0.4 is 0 Å². The molecule has 0 atom stereocenters. The summed E-state index contributed by atoms with van der Waals surface area (Å²) in [6, 6.07) is 0. The van der Waals surface area contributed by atoms with Crippen molar-refractivity contribution in [3.63, 3.8) is 0 Å². The molecule has 1 heterocycles. The van der Waals surface area contributed by atoms with Crippen LogP contribution in [0, 0.1) is 11.3 Å². The number of hydrogen-bond donors (Lipinski definition) is 0. The van der Waals surface area contributed by atoms with Gasteiger partial charge in [0.1, 0.15) is 5.76 Å². The fraction of sp³-hybridized carbons (Fsp3) is 0.786. The maximum Gasteiger partial charge on any atom is 0.115 e. The zero-order valence-corrected chi connectivity index (χ0v) is 11.3. The molecular weight excluding hydrogens is 198 g/mol. The lowest BCUT2D eigenvalue weighted by molar-refractivity contribution is 0.106. The van der Waals surface area contributed by atoms with Gasteiger partial charge in [-0.3, -0.25) is 4.99 Å². The average molecular weight is 223 g/mol. The van der Waals surface area contributed by atoms with E-state index in [9.17, 15) is 0 Å². The second-order valence-electron chi connectivity index (χ2n) is 5.68. The second kappa shape index (κ2) is 5.51. The summed E-state index contributed by atoms with van der Waals surface area (Å²) in [5.74, 6) is 1.61. The number of rotatable bonds is 5. The standard InChI is InChI=1S/C14H25NO/c1-6-14(4,5)10-16-12-7-8-13(11(2)3)15-9-12/h9,11H,6-8,10H2,1-5H3. The van der Waals surface area contributed by atoms with Gasteiger partial charge in [0.2, 0.25) is 0 Å². The van der Waals surface area contributed by atoms with Crippen molar-refractivity contribution in [1.29, 1.82) is 0 Å². The first-order chi connectivity index (χ1) is 7.44. The van der Waals surface area contributed by atoms with Gasteiger partial charge >= 0.3 is 0 Å². The summed E-state index contributed by atoms with van der Waals surface area (Å²) < 4.78 is 5.82. The molecule has 0 bridgehead atoms. The lowest BCUT2D eigenvalue weighted by Gasteiger charge is -2.25. The molecule has 1 aliphatic heterocycles. The molecule has 0 amide bonds. The third kappa shape index (κ3) is 3.99. The summed E-state index contributed by atoms with van der Waals surface area (Å²) in [5.41, 5.74) is 1.56. The van der Waals surface area contributed by atoms with Gasteiger partial charge in [0.25, 0.3) is 0 Å². The van der Waals surface area contributed by atoms with E-state index in [1.54, 1.807) is 0 Å². The highest BCUT2D eigenvalue weighted by Crippen LogP contribution is 2.24. The first-order valence-electron chi connectivity index (χ1n) is 6.33. The maximum atomic E-state index is 5.82. The van der Waals surface area contributed by atoms with E-state index in [0.717, 1.165) is 31.6 Å². The van der Waals surface area contributed by atoms with Gasteiger partial charge < -0.3 is 4.74 Å². The Balaban J connectivity index is 2.47. The molecule has 0 aromatic heterocycles. The molecule has 0 aromatic carbocycles. The molecule has 0 fully saturated rings. The molecule has 0 aromatic rings. The Kier molecular flexibility index (Phi) is 4.57. The van der Waals surface area contributed by atoms with Crippen molar-refractivity contribution >= 4 is 5.71 Å². The quantitative estimate of drug-likeness (QED) is 0.685. The van der Waals surface area contributed by atoms with Gasteiger partial charge in [0.05, 0.1) is 12.8 Å². The highest BCUT2D eigenvalue weighted by molar-refractivity contribution is 5.87. The molecule has 0 aliphatic carbocycles. The van der Waals surface area contributed by atoms with Crippen LogP contribution in [0.2, 0.25) is 0 Å². The largest absolute Gasteiger partial charge is 0.496 e. The number of nitrogens with zero attached hydrogens (tertiary/aromatic N) is 1. The van der Waals surface area contributed by atoms with E-state index >= 15 is 0 Å². The van der Waals surface area contributed by atoms with Crippen LogP contribution in [0.5, 0.6) is 0 Å². The second-order valence-corrected chi connectivity index (χ2v) is 5.68. The molecule has 1 rings (SSSR count). The zero-order chi connectivity index (χ0) is 12.2. The lowest BCUT2D eigenvalue weighted by Crippen LogP contribution is -2.19. The van der Waals surface area contributed by atoms with Crippen LogP contribution in [0.25, 0.3) is 0 Å². The van der Waals surface area contributed by atoms with Crippen molar-refractivity contribution in [1.82, 2.24) is 0 Å². The molecule has 2 nitrogen and oxygen atoms in total. The van der Waals surface area contributed by atoms with Crippen molar-refractivity contribution in [3.05, 3.63) is 12.0 Å². The number of ether oxygens (including phenoxy) is 1. The normalized spacial score (nSPS) is 17.1. The zero-order valence-electron chi connectivity index (χ0n) is 11.3. The monoisotopic (exact) mass is 223 g/mol. The third-order valence-electron chi connectivity index (χ3n) is 3.27. The lowest BCUT2D eigenvalue weighted by atomic mass is 9.91. The van der Waals surface area contributed by atoms with E-state index in [1.165, 1.54) is 5.71 Å². The number of allylic oxidation sites excluding steroid dienone is 1. The first-order valence-corrected chi connectivity index (χ1v) is 6.33. The van der Waals surface area contributed by atoms with E-state index in [0.29, 0.717) is 5.92 Å². The van der Waals surface area contributed by atoms with Crippen LogP contribution in [-0.4, -0.2) is 12.3 Å². The van der Waals surface area contributed by atoms with Gasteiger partial charge in [-0.25, -0.2) is 0 Å². The SMILES string of the molecule is CCC(C)(C)COC1=CN=C(C(C)C)CC1. The Bertz CT molecular complexity index is 287. The van der Waals surface area contributed by atoms with Crippen LogP contribution in [0.1, 0.15) is 53.9 Å². The van der Waals surface area contributed by atoms with Crippen LogP contribution in [-0.2, 0) is 4.74 Å². The summed E-state index contributed by atoms with van der Waals surface area (Å²) in [6.07, 6.45) is 5.11. The Morgan fingerprint density at radius 1 is 1.38 bits per heavy atom. The minimum atomic E-state index is 0.267. The molecule has 0 saturated heterocycles. The average Bonchev–Trinajstić information content (AvgIpc) is 2.27. The van der Waals surface area contributed by atoms with Crippen molar-refractivity contribution in [2.45, 2.75) is 53.9 Å². The first kappa shape index (κ1) is 13.3. The summed E-state index contributed by atoms with van der Waals surface area (Å²) in [4.78, 5) is 4.47. The molecular formula is C14H25NO. The van der Waals surface area contributed by atoms with E-state index in [2.05, 4.69) is 39.6 Å². The maximum absolute atomic E-state index is 5.82. The van der Waals surface area contributed by atoms with Gasteiger partial charge in [0.15, 0.2) is 0 Å². The molecule has 0 radical (unpaired) electrons. The van der Waals surface area contributed by atoms with E-state index < -0.39 is 0 Å². The van der Waals surface area contributed by atoms with Gasteiger partial charge in [-0.2, -0.15) is 0 Å². The number of hydrogen-bond acceptors (Lipinski definition) is 2. The van der Waals surface area contributed by atoms with Crippen molar-refractivity contribution in [2.24, 2.45) is 16.3 Å². The highest BCUT2D eigenvalue weighted by Gasteiger charge is 2.18. The van der Waals surface area contributed by atoms with Crippen LogP contribution in [0.3, 0.4) is 0 Å². The number of aliphatic imine (C=N–C) groups is 1. The molecule has 0 spiro atoms. The molecule has 1 aliphatic rings. The predicted octanol–water partition coefficient (Wildman–Crippen LogP) is 4.17. The van der Waals surface area contributed by atoms with Gasteiger partial charge in [-0.1, -0.05) is 34.6 Å². The van der Waals surface area contributed by atoms with E-state index in [1.807, 2.05) is 6.20 Å². The highest BCUT2D eigenvalue weighted by atomic mass is 16.5. The van der Waals surface area contributed by atoms with Crippen molar-refractivity contribution in [2.75, 3.05) is 6.61 Å². The minimum Gasteiger partial charge on any atom is -0.496 e. The predicted molar refractivity (Wildman–Crippen MR) is 69.6 cm³/mol. The molecule has 2 heteroatoms. The van der Waals surface area contributed by atoms with Crippen LogP contribution in [0.15, 0.2) is 17.0 Å². The summed E-state index contributed by atoms with van der Waals surface area (Å²) in [7, 11) is 0. The molecule has 0 unspecified atom stereocenters. The molecule has 0 N–H and O–H groups in total. The Morgan fingerprint density at radius 3 is 2.50 bits per heavy atom. The van der Waals surface area contributed by atoms with Crippen LogP contribution in [0.4, 0.5) is 0 Å². The topological polar surface area (TPSA) is 21.6 Å². The van der Waals surface area contributed by atoms with Crippen molar-refractivity contribution in [3.8, 4) is 0 Å². The van der Waals surface area contributed by atoms with E-state index in [-0.39, 0.29) is 5.41 Å². The fourth-order valence-electron chi connectivity index (χ4n) is 1.47. The summed E-state index contributed by atoms with van der Waals surface area (Å²) >= 11 is 0. The van der Waals surface area contributed by atoms with Gasteiger partial charge in [-0.15, -0.1) is 0 Å². The van der Waals surface area contributed by atoms with E-state index in [4.69, 9.17) is 4.74 Å². The van der Waals surface area contributed by atoms with Crippen molar-refractivity contribution < 1.29 is 4.74 Å². The van der Waals surface area contributed by atoms with Gasteiger partial charge in [0, 0.05) is 12.1 Å². The Morgan fingerprint density at radius 2 is 2.06 bits per heavy atom. The minimum absolute atomic E-state index is 0.267. The summed E-state index contributed by atoms with van der Waals surface area (Å²) in [6.45, 7) is 11.9. The van der Waals surface area contributed by atoms with Crippen LogP contribution >= 0.6 is 0 Å². The Labute approximate surface area is 99.8 Å². The molecule has 16 heavy (non-hydrogen) atoms. The summed E-state index contributed by atoms with van der Waals surface area (Å²) in [5, 5.41) is 0. The fourth-order valence-corrected chi connectivity index (χ4v) is 1.47. The molecule has 0 saturated carbocycles. The smallest absolute Gasteiger partial charge is 0.115 e. The third-order valence-corrected chi connectivity index (χ3v) is 3.27. The van der Waals surface area contributed by atoms with Gasteiger partial charge in [-0.05, 0) is 24.2 Å². The Hall–Kier alpha value is -0.790. The molecule has 92 valence electrons.